The molecule has 0 unspecified atom stereocenters. The molecule has 0 atom stereocenters. The Morgan fingerprint density at radius 1 is 1.42 bits per heavy atom. The van der Waals surface area contributed by atoms with E-state index in [0.717, 1.165) is 12.2 Å². The van der Waals surface area contributed by atoms with Crippen molar-refractivity contribution in [1.29, 1.82) is 0 Å². The highest BCUT2D eigenvalue weighted by Gasteiger charge is 2.12. The third-order valence-corrected chi connectivity index (χ3v) is 2.59. The van der Waals surface area contributed by atoms with Crippen LogP contribution in [0.25, 0.3) is 0 Å². The van der Waals surface area contributed by atoms with Crippen molar-refractivity contribution in [3.63, 3.8) is 0 Å². The molecule has 1 saturated heterocycles. The van der Waals surface area contributed by atoms with E-state index in [1.807, 2.05) is 32.5 Å². The van der Waals surface area contributed by atoms with Gasteiger partial charge >= 0.3 is 0 Å². The van der Waals surface area contributed by atoms with Gasteiger partial charge in [-0.3, -0.25) is 0 Å². The highest BCUT2D eigenvalue weighted by atomic mass is 32.2. The lowest BCUT2D eigenvalue weighted by Gasteiger charge is -2.18. The maximum Gasteiger partial charge on any atom is 0.129 e. The van der Waals surface area contributed by atoms with Crippen LogP contribution in [-0.2, 0) is 4.84 Å². The minimum atomic E-state index is -0.144. The maximum atomic E-state index is 5.34. The molecular formula is C9H17NOS. The Morgan fingerprint density at radius 3 is 2.67 bits per heavy atom. The molecule has 0 saturated carbocycles. The van der Waals surface area contributed by atoms with Crippen LogP contribution in [0.1, 0.15) is 33.6 Å². The van der Waals surface area contributed by atoms with E-state index in [4.69, 9.17) is 4.84 Å². The Bertz CT molecular complexity index is 164. The summed E-state index contributed by atoms with van der Waals surface area (Å²) in [5.41, 5.74) is 1.07. The smallest absolute Gasteiger partial charge is 0.129 e. The van der Waals surface area contributed by atoms with Crippen molar-refractivity contribution in [2.75, 3.05) is 11.5 Å². The zero-order valence-electron chi connectivity index (χ0n) is 8.09. The largest absolute Gasteiger partial charge is 0.390 e. The quantitative estimate of drug-likeness (QED) is 0.589. The van der Waals surface area contributed by atoms with Gasteiger partial charge in [-0.1, -0.05) is 5.16 Å². The van der Waals surface area contributed by atoms with Crippen LogP contribution in [0.15, 0.2) is 5.16 Å². The molecule has 3 heteroatoms. The van der Waals surface area contributed by atoms with Crippen molar-refractivity contribution < 1.29 is 4.84 Å². The summed E-state index contributed by atoms with van der Waals surface area (Å²) in [5.74, 6) is 2.32. The van der Waals surface area contributed by atoms with Gasteiger partial charge in [0.1, 0.15) is 5.60 Å². The molecule has 12 heavy (non-hydrogen) atoms. The van der Waals surface area contributed by atoms with Gasteiger partial charge in [0.15, 0.2) is 0 Å². The summed E-state index contributed by atoms with van der Waals surface area (Å²) in [6.07, 6.45) is 2.36. The predicted molar refractivity (Wildman–Crippen MR) is 54.8 cm³/mol. The van der Waals surface area contributed by atoms with Crippen molar-refractivity contribution in [2.24, 2.45) is 5.16 Å². The van der Waals surface area contributed by atoms with Crippen LogP contribution >= 0.6 is 11.8 Å². The van der Waals surface area contributed by atoms with Gasteiger partial charge in [-0.2, -0.15) is 11.8 Å². The average molecular weight is 187 g/mol. The molecule has 2 nitrogen and oxygen atoms in total. The molecule has 0 aromatic rings. The number of oxime groups is 1. The van der Waals surface area contributed by atoms with E-state index in [1.165, 1.54) is 17.9 Å². The first-order chi connectivity index (χ1) is 5.58. The highest BCUT2D eigenvalue weighted by molar-refractivity contribution is 8.00. The zero-order valence-corrected chi connectivity index (χ0v) is 8.91. The van der Waals surface area contributed by atoms with Crippen molar-refractivity contribution >= 4 is 17.5 Å². The molecule has 70 valence electrons. The third-order valence-electron chi connectivity index (χ3n) is 1.47. The molecule has 0 aromatic heterocycles. The van der Waals surface area contributed by atoms with Crippen LogP contribution in [0.5, 0.6) is 0 Å². The molecule has 0 N–H and O–H groups in total. The van der Waals surface area contributed by atoms with Crippen molar-refractivity contribution in [3.05, 3.63) is 0 Å². The average Bonchev–Trinajstić information content (AvgIpc) is 2.02. The Labute approximate surface area is 78.7 Å². The summed E-state index contributed by atoms with van der Waals surface area (Å²) in [6.45, 7) is 6.06. The zero-order chi connectivity index (χ0) is 9.03. The molecule has 1 aliphatic rings. The lowest BCUT2D eigenvalue weighted by Crippen LogP contribution is -2.18. The lowest BCUT2D eigenvalue weighted by atomic mass is 10.2. The molecule has 1 fully saturated rings. The summed E-state index contributed by atoms with van der Waals surface area (Å²) < 4.78 is 0. The van der Waals surface area contributed by atoms with Gasteiger partial charge < -0.3 is 4.84 Å². The standard InChI is InChI=1S/C9H17NOS/c1-9(2,3)11-10-8-5-4-6-12-7-8/h4-7H2,1-3H3/b10-8+. The highest BCUT2D eigenvalue weighted by Crippen LogP contribution is 2.16. The van der Waals surface area contributed by atoms with Gasteiger partial charge in [0.05, 0.1) is 5.71 Å². The van der Waals surface area contributed by atoms with E-state index in [-0.39, 0.29) is 5.60 Å². The number of hydrogen-bond acceptors (Lipinski definition) is 3. The molecule has 1 rings (SSSR count). The van der Waals surface area contributed by atoms with E-state index in [2.05, 4.69) is 5.16 Å². The lowest BCUT2D eigenvalue weighted by molar-refractivity contribution is 0.000487. The Hall–Kier alpha value is -0.180. The number of rotatable bonds is 1. The van der Waals surface area contributed by atoms with Crippen LogP contribution in [0, 0.1) is 0 Å². The van der Waals surface area contributed by atoms with E-state index >= 15 is 0 Å². The van der Waals surface area contributed by atoms with Crippen LogP contribution in [0.2, 0.25) is 0 Å². The fourth-order valence-electron chi connectivity index (χ4n) is 0.914. The third kappa shape index (κ3) is 4.00. The Balaban J connectivity index is 2.35. The van der Waals surface area contributed by atoms with Crippen molar-refractivity contribution in [1.82, 2.24) is 0 Å². The minimum absolute atomic E-state index is 0.144. The summed E-state index contributed by atoms with van der Waals surface area (Å²) in [6, 6.07) is 0. The Kier molecular flexibility index (Phi) is 3.44. The summed E-state index contributed by atoms with van der Waals surface area (Å²) >= 11 is 1.94. The van der Waals surface area contributed by atoms with Crippen LogP contribution in [-0.4, -0.2) is 22.8 Å². The van der Waals surface area contributed by atoms with Crippen LogP contribution in [0.4, 0.5) is 0 Å². The SMILES string of the molecule is CC(C)(C)O/N=C1\CCCSC1. The fourth-order valence-corrected chi connectivity index (χ4v) is 1.84. The van der Waals surface area contributed by atoms with Gasteiger partial charge in [0.25, 0.3) is 0 Å². The molecule has 1 heterocycles. The second-order valence-electron chi connectivity index (χ2n) is 4.02. The molecule has 0 aromatic carbocycles. The minimum Gasteiger partial charge on any atom is -0.390 e. The van der Waals surface area contributed by atoms with Crippen molar-refractivity contribution in [2.45, 2.75) is 39.2 Å². The molecule has 0 bridgehead atoms. The number of thioether (sulfide) groups is 1. The molecule has 1 aliphatic heterocycles. The fraction of sp³-hybridized carbons (Fsp3) is 0.889. The summed E-state index contributed by atoms with van der Waals surface area (Å²) in [5, 5.41) is 4.15. The number of nitrogens with zero attached hydrogens (tertiary/aromatic N) is 1. The Morgan fingerprint density at radius 2 is 2.17 bits per heavy atom. The molecular weight excluding hydrogens is 170 g/mol. The van der Waals surface area contributed by atoms with E-state index in [1.54, 1.807) is 0 Å². The first-order valence-electron chi connectivity index (χ1n) is 4.39. The predicted octanol–water partition coefficient (Wildman–Crippen LogP) is 2.68. The van der Waals surface area contributed by atoms with Gasteiger partial charge in [-0.15, -0.1) is 0 Å². The first-order valence-corrected chi connectivity index (χ1v) is 5.55. The van der Waals surface area contributed by atoms with Crippen molar-refractivity contribution in [3.8, 4) is 0 Å². The number of hydrogen-bond donors (Lipinski definition) is 0. The second kappa shape index (κ2) is 4.17. The van der Waals surface area contributed by atoms with Crippen LogP contribution in [0.3, 0.4) is 0 Å². The van der Waals surface area contributed by atoms with Crippen LogP contribution < -0.4 is 0 Å². The summed E-state index contributed by atoms with van der Waals surface area (Å²) in [4.78, 5) is 5.34. The van der Waals surface area contributed by atoms with E-state index < -0.39 is 0 Å². The molecule has 0 aliphatic carbocycles. The monoisotopic (exact) mass is 187 g/mol. The molecule has 0 amide bonds. The second-order valence-corrected chi connectivity index (χ2v) is 5.12. The first kappa shape index (κ1) is 9.90. The molecule has 0 radical (unpaired) electrons. The van der Waals surface area contributed by atoms with E-state index in [0.29, 0.717) is 0 Å². The van der Waals surface area contributed by atoms with Gasteiger partial charge in [0, 0.05) is 5.75 Å². The molecule has 0 spiro atoms. The topological polar surface area (TPSA) is 21.6 Å². The summed E-state index contributed by atoms with van der Waals surface area (Å²) in [7, 11) is 0. The maximum absolute atomic E-state index is 5.34. The normalized spacial score (nSPS) is 22.8. The van der Waals surface area contributed by atoms with Gasteiger partial charge in [-0.25, -0.2) is 0 Å². The van der Waals surface area contributed by atoms with E-state index in [9.17, 15) is 0 Å². The van der Waals surface area contributed by atoms with Gasteiger partial charge in [-0.05, 0) is 39.4 Å². The van der Waals surface area contributed by atoms with Gasteiger partial charge in [0.2, 0.25) is 0 Å².